The van der Waals surface area contributed by atoms with E-state index in [1.54, 1.807) is 25.3 Å². The highest BCUT2D eigenvalue weighted by Gasteiger charge is 2.14. The van der Waals surface area contributed by atoms with E-state index in [4.69, 9.17) is 5.26 Å². The van der Waals surface area contributed by atoms with Crippen LogP contribution in [0.1, 0.15) is 39.0 Å². The first-order chi connectivity index (χ1) is 10.0. The highest BCUT2D eigenvalue weighted by molar-refractivity contribution is 8.00. The molecular formula is C15H13N3O2S. The molecule has 2 heterocycles. The van der Waals surface area contributed by atoms with Gasteiger partial charge in [0.2, 0.25) is 0 Å². The maximum atomic E-state index is 11.9. The number of carbonyl (C=O) groups excluding carboxylic acids is 2. The average molecular weight is 299 g/mol. The summed E-state index contributed by atoms with van der Waals surface area (Å²) in [5.41, 5.74) is 1.84. The maximum absolute atomic E-state index is 11.9. The first-order valence-electron chi connectivity index (χ1n) is 6.25. The number of hydrogen-bond donors (Lipinski definition) is 1. The van der Waals surface area contributed by atoms with Crippen molar-refractivity contribution >= 4 is 23.3 Å². The van der Waals surface area contributed by atoms with E-state index in [1.165, 1.54) is 24.8 Å². The second-order valence-electron chi connectivity index (χ2n) is 4.44. The van der Waals surface area contributed by atoms with Crippen LogP contribution in [-0.4, -0.2) is 27.3 Å². The van der Waals surface area contributed by atoms with Crippen molar-refractivity contribution in [2.24, 2.45) is 0 Å². The molecule has 0 unspecified atom stereocenters. The van der Waals surface area contributed by atoms with Crippen LogP contribution in [0.2, 0.25) is 0 Å². The number of pyridine rings is 1. The summed E-state index contributed by atoms with van der Waals surface area (Å²) in [6, 6.07) is 7.01. The molecule has 21 heavy (non-hydrogen) atoms. The molecule has 2 aromatic rings. The minimum atomic E-state index is -0.129. The molecule has 0 saturated heterocycles. The van der Waals surface area contributed by atoms with Gasteiger partial charge in [-0.1, -0.05) is 11.8 Å². The Hall–Kier alpha value is -2.39. The molecule has 0 bridgehead atoms. The maximum Gasteiger partial charge on any atom is 0.189 e. The van der Waals surface area contributed by atoms with Gasteiger partial charge >= 0.3 is 0 Å². The SMILES string of the molecule is CC(=O)c1cc(C#N)c(SCC(=O)c2ccc[nH]2)nc1C. The number of nitriles is 1. The summed E-state index contributed by atoms with van der Waals surface area (Å²) in [7, 11) is 0. The summed E-state index contributed by atoms with van der Waals surface area (Å²) in [6.45, 7) is 3.15. The number of nitrogens with zero attached hydrogens (tertiary/aromatic N) is 2. The molecule has 5 nitrogen and oxygen atoms in total. The number of thioether (sulfide) groups is 1. The Morgan fingerprint density at radius 2 is 2.24 bits per heavy atom. The molecule has 2 rings (SSSR count). The van der Waals surface area contributed by atoms with Crippen molar-refractivity contribution < 1.29 is 9.59 Å². The smallest absolute Gasteiger partial charge is 0.189 e. The highest BCUT2D eigenvalue weighted by Crippen LogP contribution is 2.23. The summed E-state index contributed by atoms with van der Waals surface area (Å²) < 4.78 is 0. The third kappa shape index (κ3) is 3.38. The van der Waals surface area contributed by atoms with Crippen LogP contribution in [0.15, 0.2) is 29.4 Å². The molecule has 0 radical (unpaired) electrons. The summed E-state index contributed by atoms with van der Waals surface area (Å²) in [5, 5.41) is 9.63. The zero-order valence-corrected chi connectivity index (χ0v) is 12.5. The topological polar surface area (TPSA) is 86.6 Å². The molecule has 0 atom stereocenters. The van der Waals surface area contributed by atoms with E-state index in [0.717, 1.165) is 0 Å². The van der Waals surface area contributed by atoms with E-state index in [1.807, 2.05) is 6.07 Å². The molecule has 6 heteroatoms. The Morgan fingerprint density at radius 1 is 1.48 bits per heavy atom. The standard InChI is InChI=1S/C15H13N3O2S/c1-9-12(10(2)19)6-11(7-16)15(18-9)21-8-14(20)13-4-3-5-17-13/h3-6,17H,8H2,1-2H3. The second kappa shape index (κ2) is 6.37. The molecule has 2 aromatic heterocycles. The summed E-state index contributed by atoms with van der Waals surface area (Å²) >= 11 is 1.20. The van der Waals surface area contributed by atoms with Gasteiger partial charge < -0.3 is 4.98 Å². The average Bonchev–Trinajstić information content (AvgIpc) is 2.98. The number of aryl methyl sites for hydroxylation is 1. The monoisotopic (exact) mass is 299 g/mol. The van der Waals surface area contributed by atoms with Gasteiger partial charge in [-0.3, -0.25) is 9.59 Å². The Kier molecular flexibility index (Phi) is 4.55. The lowest BCUT2D eigenvalue weighted by Gasteiger charge is -2.07. The van der Waals surface area contributed by atoms with Gasteiger partial charge in [0, 0.05) is 17.5 Å². The fourth-order valence-electron chi connectivity index (χ4n) is 1.85. The quantitative estimate of drug-likeness (QED) is 0.677. The number of H-pyrrole nitrogens is 1. The number of ketones is 2. The number of Topliss-reactive ketones (excluding diaryl/α,β-unsaturated/α-hetero) is 2. The summed E-state index contributed by atoms with van der Waals surface area (Å²) in [6.07, 6.45) is 1.68. The number of carbonyl (C=O) groups is 2. The molecule has 0 aliphatic heterocycles. The molecular weight excluding hydrogens is 286 g/mol. The third-order valence-corrected chi connectivity index (χ3v) is 3.91. The van der Waals surface area contributed by atoms with E-state index in [2.05, 4.69) is 9.97 Å². The van der Waals surface area contributed by atoms with E-state index in [0.29, 0.717) is 27.5 Å². The molecule has 0 amide bonds. The lowest BCUT2D eigenvalue weighted by Crippen LogP contribution is -2.05. The lowest BCUT2D eigenvalue weighted by molar-refractivity contribution is 0.100. The van der Waals surface area contributed by atoms with Gasteiger partial charge in [0.25, 0.3) is 0 Å². The molecule has 0 aliphatic rings. The van der Waals surface area contributed by atoms with Crippen LogP contribution < -0.4 is 0 Å². The third-order valence-electron chi connectivity index (χ3n) is 2.92. The van der Waals surface area contributed by atoms with Crippen LogP contribution >= 0.6 is 11.8 Å². The van der Waals surface area contributed by atoms with E-state index in [9.17, 15) is 9.59 Å². The van der Waals surface area contributed by atoms with Gasteiger partial charge in [0.1, 0.15) is 11.1 Å². The van der Waals surface area contributed by atoms with Gasteiger partial charge in [-0.05, 0) is 32.0 Å². The fourth-order valence-corrected chi connectivity index (χ4v) is 2.73. The van der Waals surface area contributed by atoms with Crippen LogP contribution in [0.25, 0.3) is 0 Å². The van der Waals surface area contributed by atoms with Crippen molar-refractivity contribution in [3.8, 4) is 6.07 Å². The Balaban J connectivity index is 2.21. The predicted molar refractivity (Wildman–Crippen MR) is 79.5 cm³/mol. The highest BCUT2D eigenvalue weighted by atomic mass is 32.2. The fraction of sp³-hybridized carbons (Fsp3) is 0.200. The van der Waals surface area contributed by atoms with Gasteiger partial charge in [-0.2, -0.15) is 5.26 Å². The van der Waals surface area contributed by atoms with Gasteiger partial charge in [0.05, 0.1) is 17.0 Å². The number of nitrogens with one attached hydrogen (secondary N) is 1. The molecule has 0 fully saturated rings. The first-order valence-corrected chi connectivity index (χ1v) is 7.23. The Morgan fingerprint density at radius 3 is 2.81 bits per heavy atom. The second-order valence-corrected chi connectivity index (χ2v) is 5.40. The van der Waals surface area contributed by atoms with E-state index < -0.39 is 0 Å². The number of hydrogen-bond acceptors (Lipinski definition) is 5. The molecule has 0 saturated carbocycles. The zero-order chi connectivity index (χ0) is 15.4. The van der Waals surface area contributed by atoms with E-state index >= 15 is 0 Å². The molecule has 0 aliphatic carbocycles. The minimum absolute atomic E-state index is 0.0658. The molecule has 0 aromatic carbocycles. The van der Waals surface area contributed by atoms with Crippen molar-refractivity contribution in [1.29, 1.82) is 5.26 Å². The molecule has 106 valence electrons. The largest absolute Gasteiger partial charge is 0.359 e. The normalized spacial score (nSPS) is 10.1. The summed E-state index contributed by atoms with van der Waals surface area (Å²) in [5.74, 6) is -0.0133. The van der Waals surface area contributed by atoms with Gasteiger partial charge in [0.15, 0.2) is 11.6 Å². The van der Waals surface area contributed by atoms with E-state index in [-0.39, 0.29) is 17.3 Å². The molecule has 1 N–H and O–H groups in total. The van der Waals surface area contributed by atoms with Crippen LogP contribution in [0, 0.1) is 18.3 Å². The van der Waals surface area contributed by atoms with Crippen molar-refractivity contribution in [2.75, 3.05) is 5.75 Å². The van der Waals surface area contributed by atoms with Crippen LogP contribution in [-0.2, 0) is 0 Å². The predicted octanol–water partition coefficient (Wildman–Crippen LogP) is 2.77. The van der Waals surface area contributed by atoms with Crippen molar-refractivity contribution in [1.82, 2.24) is 9.97 Å². The Labute approximate surface area is 126 Å². The first kappa shape index (κ1) is 15.0. The van der Waals surface area contributed by atoms with Crippen molar-refractivity contribution in [2.45, 2.75) is 18.9 Å². The lowest BCUT2D eigenvalue weighted by atomic mass is 10.1. The van der Waals surface area contributed by atoms with Crippen molar-refractivity contribution in [3.63, 3.8) is 0 Å². The number of aromatic amines is 1. The van der Waals surface area contributed by atoms with Crippen LogP contribution in [0.3, 0.4) is 0 Å². The zero-order valence-electron chi connectivity index (χ0n) is 11.6. The number of aromatic nitrogens is 2. The molecule has 0 spiro atoms. The van der Waals surface area contributed by atoms with Gasteiger partial charge in [-0.15, -0.1) is 0 Å². The number of rotatable bonds is 5. The van der Waals surface area contributed by atoms with Crippen LogP contribution in [0.5, 0.6) is 0 Å². The van der Waals surface area contributed by atoms with Crippen LogP contribution in [0.4, 0.5) is 0 Å². The van der Waals surface area contributed by atoms with Gasteiger partial charge in [-0.25, -0.2) is 4.98 Å². The minimum Gasteiger partial charge on any atom is -0.359 e. The van der Waals surface area contributed by atoms with Crippen molar-refractivity contribution in [3.05, 3.63) is 46.9 Å². The summed E-state index contributed by atoms with van der Waals surface area (Å²) in [4.78, 5) is 30.5. The Bertz CT molecular complexity index is 730.